The molecule has 3 N–H and O–H groups in total. The highest BCUT2D eigenvalue weighted by molar-refractivity contribution is 6.04. The van der Waals surface area contributed by atoms with Crippen molar-refractivity contribution in [3.05, 3.63) is 82.9 Å². The van der Waals surface area contributed by atoms with Gasteiger partial charge in [-0.1, -0.05) is 42.5 Å². The van der Waals surface area contributed by atoms with Crippen LogP contribution in [-0.2, 0) is 16.0 Å². The van der Waals surface area contributed by atoms with Gasteiger partial charge >= 0.3 is 5.97 Å². The Labute approximate surface area is 184 Å². The van der Waals surface area contributed by atoms with Gasteiger partial charge in [0.15, 0.2) is 5.78 Å². The lowest BCUT2D eigenvalue weighted by molar-refractivity contribution is -0.142. The van der Waals surface area contributed by atoms with E-state index >= 15 is 0 Å². The van der Waals surface area contributed by atoms with Crippen LogP contribution < -0.4 is 4.74 Å². The van der Waals surface area contributed by atoms with Crippen LogP contribution in [0.2, 0.25) is 0 Å². The van der Waals surface area contributed by atoms with Gasteiger partial charge in [0.05, 0.1) is 25.0 Å². The molecule has 164 valence electrons. The molecule has 3 aromatic rings. The molecule has 7 nitrogen and oxygen atoms in total. The van der Waals surface area contributed by atoms with Gasteiger partial charge in [-0.15, -0.1) is 0 Å². The molecule has 0 amide bonds. The number of rotatable bonds is 5. The zero-order chi connectivity index (χ0) is 22.8. The molecule has 0 saturated heterocycles. The van der Waals surface area contributed by atoms with Crippen LogP contribution >= 0.6 is 0 Å². The number of esters is 1. The average molecular weight is 434 g/mol. The lowest BCUT2D eigenvalue weighted by Gasteiger charge is -2.30. The number of phenols is 3. The van der Waals surface area contributed by atoms with Crippen LogP contribution in [-0.4, -0.2) is 34.2 Å². The quantitative estimate of drug-likeness (QED) is 0.520. The minimum atomic E-state index is -0.969. The Kier molecular flexibility index (Phi) is 5.73. The van der Waals surface area contributed by atoms with Gasteiger partial charge in [0.1, 0.15) is 34.7 Å². The van der Waals surface area contributed by atoms with Crippen LogP contribution in [0.25, 0.3) is 0 Å². The fraction of sp³-hybridized carbons (Fsp3) is 0.200. The predicted octanol–water partition coefficient (Wildman–Crippen LogP) is 4.01. The normalized spacial score (nSPS) is 16.0. The number of ketones is 1. The van der Waals surface area contributed by atoms with Gasteiger partial charge in [0.2, 0.25) is 0 Å². The molecule has 1 aliphatic rings. The van der Waals surface area contributed by atoms with Crippen molar-refractivity contribution in [1.29, 1.82) is 0 Å². The molecule has 2 unspecified atom stereocenters. The molecule has 0 spiro atoms. The van der Waals surface area contributed by atoms with Crippen molar-refractivity contribution < 1.29 is 34.4 Å². The van der Waals surface area contributed by atoms with Crippen molar-refractivity contribution in [2.24, 2.45) is 0 Å². The number of phenolic OH excluding ortho intramolecular Hbond substituents is 3. The molecular weight excluding hydrogens is 412 g/mol. The molecule has 0 bridgehead atoms. The van der Waals surface area contributed by atoms with Crippen LogP contribution in [0.15, 0.2) is 60.7 Å². The summed E-state index contributed by atoms with van der Waals surface area (Å²) in [5.41, 5.74) is 1.47. The molecule has 0 radical (unpaired) electrons. The number of carbonyl (C=O) groups is 2. The van der Waals surface area contributed by atoms with E-state index in [9.17, 15) is 24.9 Å². The maximum absolute atomic E-state index is 13.0. The van der Waals surface area contributed by atoms with E-state index in [1.165, 1.54) is 19.2 Å². The van der Waals surface area contributed by atoms with E-state index in [0.29, 0.717) is 5.56 Å². The molecule has 7 heteroatoms. The molecule has 1 heterocycles. The molecule has 4 rings (SSSR count). The van der Waals surface area contributed by atoms with Gasteiger partial charge < -0.3 is 24.8 Å². The lowest BCUT2D eigenvalue weighted by atomic mass is 9.86. The van der Waals surface area contributed by atoms with Crippen LogP contribution in [0.4, 0.5) is 0 Å². The number of fused-ring (bicyclic) bond motifs is 1. The minimum Gasteiger partial charge on any atom is -0.508 e. The molecule has 3 aromatic carbocycles. The summed E-state index contributed by atoms with van der Waals surface area (Å²) in [6.45, 7) is 0. The second kappa shape index (κ2) is 8.63. The first kappa shape index (κ1) is 21.2. The first-order valence-corrected chi connectivity index (χ1v) is 10.1. The Hall–Kier alpha value is -4.00. The summed E-state index contributed by atoms with van der Waals surface area (Å²) in [5, 5.41) is 30.7. The number of ether oxygens (including phenoxy) is 2. The van der Waals surface area contributed by atoms with E-state index in [2.05, 4.69) is 0 Å². The third kappa shape index (κ3) is 3.97. The second-order valence-electron chi connectivity index (χ2n) is 7.62. The van der Waals surface area contributed by atoms with Crippen LogP contribution in [0.5, 0.6) is 23.0 Å². The van der Waals surface area contributed by atoms with Crippen molar-refractivity contribution >= 4 is 11.8 Å². The summed E-state index contributed by atoms with van der Waals surface area (Å²) in [6.07, 6.45) is -0.567. The maximum atomic E-state index is 13.0. The molecule has 0 aliphatic carbocycles. The monoisotopic (exact) mass is 434 g/mol. The van der Waals surface area contributed by atoms with Gasteiger partial charge in [0.25, 0.3) is 0 Å². The van der Waals surface area contributed by atoms with E-state index in [4.69, 9.17) is 9.47 Å². The summed E-state index contributed by atoms with van der Waals surface area (Å²) in [4.78, 5) is 25.7. The molecule has 0 saturated carbocycles. The Morgan fingerprint density at radius 2 is 1.75 bits per heavy atom. The van der Waals surface area contributed by atoms with Crippen LogP contribution in [0.1, 0.15) is 45.5 Å². The summed E-state index contributed by atoms with van der Waals surface area (Å²) < 4.78 is 11.1. The Morgan fingerprint density at radius 3 is 2.41 bits per heavy atom. The Balaban J connectivity index is 1.84. The first-order chi connectivity index (χ1) is 15.4. The van der Waals surface area contributed by atoms with Crippen molar-refractivity contribution in [1.82, 2.24) is 0 Å². The van der Waals surface area contributed by atoms with E-state index in [0.717, 1.165) is 11.6 Å². The SMILES string of the molecule is COC(=O)C(Cc1ccccc1)c1c(O)cc(O)c2c1OC(c1ccc(O)cc1)CC2=O. The number of hydrogen-bond acceptors (Lipinski definition) is 7. The summed E-state index contributed by atoms with van der Waals surface area (Å²) >= 11 is 0. The Morgan fingerprint density at radius 1 is 1.06 bits per heavy atom. The molecular formula is C25H22O7. The van der Waals surface area contributed by atoms with Gasteiger partial charge in [-0.25, -0.2) is 0 Å². The van der Waals surface area contributed by atoms with Crippen molar-refractivity contribution in [3.63, 3.8) is 0 Å². The summed E-state index contributed by atoms with van der Waals surface area (Å²) in [5.74, 6) is -2.72. The highest BCUT2D eigenvalue weighted by Gasteiger charge is 2.38. The van der Waals surface area contributed by atoms with E-state index in [1.807, 2.05) is 30.3 Å². The first-order valence-electron chi connectivity index (χ1n) is 10.1. The molecule has 0 aromatic heterocycles. The van der Waals surface area contributed by atoms with Gasteiger partial charge in [-0.3, -0.25) is 9.59 Å². The van der Waals surface area contributed by atoms with Crippen LogP contribution in [0, 0.1) is 0 Å². The average Bonchev–Trinajstić information content (AvgIpc) is 2.78. The highest BCUT2D eigenvalue weighted by Crippen LogP contribution is 2.48. The fourth-order valence-electron chi connectivity index (χ4n) is 4.00. The third-order valence-corrected chi connectivity index (χ3v) is 5.57. The number of hydrogen-bond donors (Lipinski definition) is 3. The topological polar surface area (TPSA) is 113 Å². The summed E-state index contributed by atoms with van der Waals surface area (Å²) in [6, 6.07) is 16.4. The zero-order valence-corrected chi connectivity index (χ0v) is 17.3. The van der Waals surface area contributed by atoms with E-state index < -0.39 is 23.7 Å². The Bertz CT molecular complexity index is 1150. The predicted molar refractivity (Wildman–Crippen MR) is 115 cm³/mol. The molecule has 0 fully saturated rings. The highest BCUT2D eigenvalue weighted by atomic mass is 16.5. The van der Waals surface area contributed by atoms with Crippen molar-refractivity contribution in [2.45, 2.75) is 24.9 Å². The number of methoxy groups -OCH3 is 1. The standard InChI is InChI=1S/C25H22O7/c1-31-25(30)17(11-14-5-3-2-4-6-14)22-18(27)12-19(28)23-20(29)13-21(32-24(22)23)15-7-9-16(26)10-8-15/h2-10,12,17,21,26-28H,11,13H2,1H3. The third-order valence-electron chi connectivity index (χ3n) is 5.57. The number of aromatic hydroxyl groups is 3. The van der Waals surface area contributed by atoms with Gasteiger partial charge in [-0.05, 0) is 29.7 Å². The fourth-order valence-corrected chi connectivity index (χ4v) is 4.00. The van der Waals surface area contributed by atoms with E-state index in [1.54, 1.807) is 12.1 Å². The van der Waals surface area contributed by atoms with Gasteiger partial charge in [0, 0.05) is 6.07 Å². The largest absolute Gasteiger partial charge is 0.508 e. The van der Waals surface area contributed by atoms with Crippen LogP contribution in [0.3, 0.4) is 0 Å². The molecule has 2 atom stereocenters. The van der Waals surface area contributed by atoms with Gasteiger partial charge in [-0.2, -0.15) is 0 Å². The molecule has 1 aliphatic heterocycles. The number of Topliss-reactive ketones (excluding diaryl/α,β-unsaturated/α-hetero) is 1. The van der Waals surface area contributed by atoms with Crippen molar-refractivity contribution in [3.8, 4) is 23.0 Å². The summed E-state index contributed by atoms with van der Waals surface area (Å²) in [7, 11) is 1.25. The maximum Gasteiger partial charge on any atom is 0.313 e. The number of carbonyl (C=O) groups excluding carboxylic acids is 2. The van der Waals surface area contributed by atoms with Crippen molar-refractivity contribution in [2.75, 3.05) is 7.11 Å². The zero-order valence-electron chi connectivity index (χ0n) is 17.3. The minimum absolute atomic E-state index is 0.0387. The smallest absolute Gasteiger partial charge is 0.313 e. The van der Waals surface area contributed by atoms with E-state index in [-0.39, 0.29) is 47.0 Å². The number of benzene rings is 3. The second-order valence-corrected chi connectivity index (χ2v) is 7.62. The molecule has 32 heavy (non-hydrogen) atoms. The lowest BCUT2D eigenvalue weighted by Crippen LogP contribution is -2.25.